The van der Waals surface area contributed by atoms with Crippen LogP contribution in [0, 0.1) is 0 Å². The van der Waals surface area contributed by atoms with E-state index in [0.717, 1.165) is 19.6 Å². The predicted molar refractivity (Wildman–Crippen MR) is 68.6 cm³/mol. The van der Waals surface area contributed by atoms with E-state index in [0.29, 0.717) is 6.04 Å². The molecule has 0 unspecified atom stereocenters. The van der Waals surface area contributed by atoms with Crippen LogP contribution in [0.2, 0.25) is 0 Å². The van der Waals surface area contributed by atoms with Crippen LogP contribution in [0.5, 0.6) is 0 Å². The fraction of sp³-hybridized carbons (Fsp3) is 0.364. The number of rotatable bonds is 3. The lowest BCUT2D eigenvalue weighted by Crippen LogP contribution is -2.47. The molecule has 0 bridgehead atoms. The van der Waals surface area contributed by atoms with Crippen molar-refractivity contribution in [2.45, 2.75) is 12.6 Å². The van der Waals surface area contributed by atoms with Crippen LogP contribution >= 0.6 is 27.3 Å². The first-order chi connectivity index (χ1) is 7.81. The molecule has 0 spiro atoms. The molecule has 1 aliphatic heterocycles. The van der Waals surface area contributed by atoms with E-state index >= 15 is 0 Å². The summed E-state index contributed by atoms with van der Waals surface area (Å²) < 4.78 is 3.27. The number of thiophene rings is 1. The van der Waals surface area contributed by atoms with Crippen LogP contribution in [-0.2, 0) is 6.54 Å². The van der Waals surface area contributed by atoms with Gasteiger partial charge in [0.25, 0.3) is 0 Å². The molecule has 1 fully saturated rings. The summed E-state index contributed by atoms with van der Waals surface area (Å²) in [6.45, 7) is 3.27. The summed E-state index contributed by atoms with van der Waals surface area (Å²) in [5.41, 5.74) is 1.40. The normalized spacial score (nSPS) is 17.6. The molecule has 0 saturated carbocycles. The lowest BCUT2D eigenvalue weighted by molar-refractivity contribution is 0.0910. The van der Waals surface area contributed by atoms with Gasteiger partial charge in [0, 0.05) is 32.0 Å². The van der Waals surface area contributed by atoms with Gasteiger partial charge in [-0.25, -0.2) is 0 Å². The summed E-state index contributed by atoms with van der Waals surface area (Å²) in [4.78, 5) is 2.45. The monoisotopic (exact) mass is 297 g/mol. The van der Waals surface area contributed by atoms with Gasteiger partial charge in [-0.1, -0.05) is 0 Å². The van der Waals surface area contributed by atoms with Crippen LogP contribution in [0.15, 0.2) is 33.7 Å². The molecule has 0 atom stereocenters. The molecule has 0 radical (unpaired) electrons. The molecule has 3 nitrogen and oxygen atoms in total. The van der Waals surface area contributed by atoms with Crippen molar-refractivity contribution >= 4 is 27.3 Å². The van der Waals surface area contributed by atoms with Crippen molar-refractivity contribution in [3.63, 3.8) is 0 Å². The minimum Gasteiger partial charge on any atom is -0.295 e. The molecule has 0 aromatic carbocycles. The first-order valence-corrected chi connectivity index (χ1v) is 6.93. The van der Waals surface area contributed by atoms with Gasteiger partial charge in [0.2, 0.25) is 0 Å². The highest BCUT2D eigenvalue weighted by molar-refractivity contribution is 9.11. The Morgan fingerprint density at radius 3 is 3.00 bits per heavy atom. The van der Waals surface area contributed by atoms with Gasteiger partial charge >= 0.3 is 0 Å². The molecule has 1 saturated heterocycles. The van der Waals surface area contributed by atoms with Crippen LogP contribution < -0.4 is 0 Å². The molecule has 0 aliphatic carbocycles. The summed E-state index contributed by atoms with van der Waals surface area (Å²) in [5.74, 6) is 0. The van der Waals surface area contributed by atoms with Gasteiger partial charge in [0.05, 0.1) is 9.83 Å². The van der Waals surface area contributed by atoms with Crippen molar-refractivity contribution in [2.75, 3.05) is 13.1 Å². The van der Waals surface area contributed by atoms with Crippen molar-refractivity contribution in [1.82, 2.24) is 14.7 Å². The van der Waals surface area contributed by atoms with Crippen LogP contribution in [0.4, 0.5) is 0 Å². The van der Waals surface area contributed by atoms with E-state index in [9.17, 15) is 0 Å². The summed E-state index contributed by atoms with van der Waals surface area (Å²) in [6.07, 6.45) is 3.89. The SMILES string of the molecule is Brc1cc(CN2CC(n3cccn3)C2)cs1. The van der Waals surface area contributed by atoms with Crippen LogP contribution in [-0.4, -0.2) is 27.8 Å². The van der Waals surface area contributed by atoms with Crippen molar-refractivity contribution < 1.29 is 0 Å². The Morgan fingerprint density at radius 1 is 1.50 bits per heavy atom. The first kappa shape index (κ1) is 10.5. The number of nitrogens with zero attached hydrogens (tertiary/aromatic N) is 3. The minimum atomic E-state index is 0.567. The largest absolute Gasteiger partial charge is 0.295 e. The van der Waals surface area contributed by atoms with E-state index in [-0.39, 0.29) is 0 Å². The number of aromatic nitrogens is 2. The molecule has 0 amide bonds. The maximum Gasteiger partial charge on any atom is 0.0773 e. The van der Waals surface area contributed by atoms with E-state index < -0.39 is 0 Å². The average molecular weight is 298 g/mol. The van der Waals surface area contributed by atoms with E-state index in [2.05, 4.69) is 42.1 Å². The third-order valence-electron chi connectivity index (χ3n) is 2.86. The quantitative estimate of drug-likeness (QED) is 0.869. The molecule has 2 aromatic heterocycles. The highest BCUT2D eigenvalue weighted by Crippen LogP contribution is 2.26. The highest BCUT2D eigenvalue weighted by Gasteiger charge is 2.28. The van der Waals surface area contributed by atoms with E-state index in [1.165, 1.54) is 9.35 Å². The van der Waals surface area contributed by atoms with Crippen LogP contribution in [0.1, 0.15) is 11.6 Å². The van der Waals surface area contributed by atoms with E-state index in [1.54, 1.807) is 11.3 Å². The van der Waals surface area contributed by atoms with Gasteiger partial charge < -0.3 is 0 Å². The van der Waals surface area contributed by atoms with Crippen LogP contribution in [0.25, 0.3) is 0 Å². The molecule has 3 heterocycles. The van der Waals surface area contributed by atoms with Gasteiger partial charge in [-0.3, -0.25) is 9.58 Å². The number of likely N-dealkylation sites (tertiary alicyclic amines) is 1. The molecule has 5 heteroatoms. The van der Waals surface area contributed by atoms with Crippen molar-refractivity contribution in [3.8, 4) is 0 Å². The van der Waals surface area contributed by atoms with E-state index in [4.69, 9.17) is 0 Å². The van der Waals surface area contributed by atoms with Gasteiger partial charge in [-0.15, -0.1) is 11.3 Å². The summed E-state index contributed by atoms with van der Waals surface area (Å²) in [7, 11) is 0. The summed E-state index contributed by atoms with van der Waals surface area (Å²) in [5, 5.41) is 6.48. The maximum absolute atomic E-state index is 4.27. The molecular formula is C11H12BrN3S. The predicted octanol–water partition coefficient (Wildman–Crippen LogP) is 2.76. The molecule has 2 aromatic rings. The first-order valence-electron chi connectivity index (χ1n) is 5.25. The average Bonchev–Trinajstić information content (AvgIpc) is 2.82. The maximum atomic E-state index is 4.27. The summed E-state index contributed by atoms with van der Waals surface area (Å²) in [6, 6.07) is 4.75. The Morgan fingerprint density at radius 2 is 2.38 bits per heavy atom. The van der Waals surface area contributed by atoms with Crippen molar-refractivity contribution in [2.24, 2.45) is 0 Å². The molecular weight excluding hydrogens is 286 g/mol. The van der Waals surface area contributed by atoms with Crippen molar-refractivity contribution in [3.05, 3.63) is 39.3 Å². The lowest BCUT2D eigenvalue weighted by Gasteiger charge is -2.39. The second-order valence-electron chi connectivity index (χ2n) is 4.09. The minimum absolute atomic E-state index is 0.567. The number of hydrogen-bond acceptors (Lipinski definition) is 3. The Labute approximate surface area is 107 Å². The second kappa shape index (κ2) is 4.31. The van der Waals surface area contributed by atoms with Gasteiger partial charge in [0.1, 0.15) is 0 Å². The van der Waals surface area contributed by atoms with Gasteiger partial charge in [-0.2, -0.15) is 5.10 Å². The molecule has 1 aliphatic rings. The zero-order valence-corrected chi connectivity index (χ0v) is 11.1. The lowest BCUT2D eigenvalue weighted by atomic mass is 10.1. The van der Waals surface area contributed by atoms with E-state index in [1.807, 2.05) is 18.5 Å². The zero-order chi connectivity index (χ0) is 11.0. The number of halogens is 1. The molecule has 84 valence electrons. The fourth-order valence-corrected chi connectivity index (χ4v) is 3.22. The van der Waals surface area contributed by atoms with Gasteiger partial charge in [0.15, 0.2) is 0 Å². The zero-order valence-electron chi connectivity index (χ0n) is 8.71. The van der Waals surface area contributed by atoms with Crippen molar-refractivity contribution in [1.29, 1.82) is 0 Å². The molecule has 0 N–H and O–H groups in total. The third kappa shape index (κ3) is 2.07. The standard InChI is InChI=1S/C11H12BrN3S/c12-11-4-9(8-16-11)5-14-6-10(7-14)15-3-1-2-13-15/h1-4,8,10H,5-7H2. The van der Waals surface area contributed by atoms with Gasteiger partial charge in [-0.05, 0) is 39.0 Å². The fourth-order valence-electron chi connectivity index (χ4n) is 2.02. The topological polar surface area (TPSA) is 21.1 Å². The Kier molecular flexibility index (Phi) is 2.83. The smallest absolute Gasteiger partial charge is 0.0773 e. The molecule has 16 heavy (non-hydrogen) atoms. The van der Waals surface area contributed by atoms with Crippen LogP contribution in [0.3, 0.4) is 0 Å². The summed E-state index contributed by atoms with van der Waals surface area (Å²) >= 11 is 5.24. The number of hydrogen-bond donors (Lipinski definition) is 0. The third-order valence-corrected chi connectivity index (χ3v) is 4.42. The second-order valence-corrected chi connectivity index (χ2v) is 6.38. The Bertz CT molecular complexity index is 459. The Hall–Kier alpha value is -0.650. The molecule has 3 rings (SSSR count). The highest BCUT2D eigenvalue weighted by atomic mass is 79.9. The Balaban J connectivity index is 1.54.